The molecule has 9 nitrogen and oxygen atoms in total. The van der Waals surface area contributed by atoms with Crippen LogP contribution in [0, 0.1) is 17.0 Å². The van der Waals surface area contributed by atoms with Gasteiger partial charge in [-0.3, -0.25) is 10.2 Å². The highest BCUT2D eigenvalue weighted by Gasteiger charge is 2.61. The molecule has 1 aromatic carbocycles. The molecule has 164 valence electrons. The normalized spacial score (nSPS) is 26.8. The molecule has 2 aromatic rings. The highest BCUT2D eigenvalue weighted by molar-refractivity contribution is 7.90. The molecule has 1 aromatic heterocycles. The van der Waals surface area contributed by atoms with Crippen LogP contribution in [-0.2, 0) is 20.3 Å². The zero-order valence-corrected chi connectivity index (χ0v) is 17.3. The Balaban J connectivity index is 1.75. The van der Waals surface area contributed by atoms with Crippen molar-refractivity contribution < 1.29 is 26.7 Å². The van der Waals surface area contributed by atoms with Crippen LogP contribution in [-0.4, -0.2) is 54.6 Å². The van der Waals surface area contributed by atoms with Gasteiger partial charge in [0.25, 0.3) is 5.91 Å². The molecule has 0 radical (unpaired) electrons. The Morgan fingerprint density at radius 3 is 2.77 bits per heavy atom. The van der Waals surface area contributed by atoms with Gasteiger partial charge in [-0.2, -0.15) is 0 Å². The lowest BCUT2D eigenvalue weighted by atomic mass is 9.86. The molecule has 0 spiro atoms. The third-order valence-corrected chi connectivity index (χ3v) is 7.88. The fourth-order valence-electron chi connectivity index (χ4n) is 3.97. The van der Waals surface area contributed by atoms with Gasteiger partial charge in [-0.05, 0) is 37.3 Å². The number of carbonyl (C=O) groups is 1. The molecule has 2 saturated heterocycles. The first-order valence-electron chi connectivity index (χ1n) is 9.25. The van der Waals surface area contributed by atoms with Gasteiger partial charge in [0.05, 0.1) is 18.9 Å². The lowest BCUT2D eigenvalue weighted by molar-refractivity contribution is 0.102. The van der Waals surface area contributed by atoms with E-state index in [4.69, 9.17) is 10.1 Å². The molecule has 0 unspecified atom stereocenters. The molecule has 2 aliphatic heterocycles. The van der Waals surface area contributed by atoms with Crippen LogP contribution >= 0.6 is 0 Å². The van der Waals surface area contributed by atoms with Gasteiger partial charge in [-0.25, -0.2) is 26.5 Å². The van der Waals surface area contributed by atoms with Crippen molar-refractivity contribution in [3.05, 3.63) is 59.4 Å². The summed E-state index contributed by atoms with van der Waals surface area (Å²) in [5, 5.41) is 12.2. The summed E-state index contributed by atoms with van der Waals surface area (Å²) in [7, 11) is -2.78. The molecule has 2 fully saturated rings. The molecule has 0 aliphatic carbocycles. The minimum atomic E-state index is -4.02. The minimum absolute atomic E-state index is 0.0529. The summed E-state index contributed by atoms with van der Waals surface area (Å²) in [6.07, 6.45) is 0.124. The van der Waals surface area contributed by atoms with Crippen molar-refractivity contribution in [3.63, 3.8) is 0 Å². The fourth-order valence-corrected chi connectivity index (χ4v) is 5.94. The third-order valence-electron chi connectivity index (χ3n) is 5.51. The fraction of sp³-hybridized carbons (Fsp3) is 0.316. The van der Waals surface area contributed by atoms with E-state index in [1.807, 2.05) is 0 Å². The Morgan fingerprint density at radius 2 is 2.10 bits per heavy atom. The van der Waals surface area contributed by atoms with Crippen molar-refractivity contribution in [2.24, 2.45) is 0 Å². The predicted octanol–water partition coefficient (Wildman–Crippen LogP) is 1.39. The van der Waals surface area contributed by atoms with Gasteiger partial charge >= 0.3 is 0 Å². The molecule has 3 atom stereocenters. The van der Waals surface area contributed by atoms with E-state index < -0.39 is 50.4 Å². The second kappa shape index (κ2) is 7.24. The topological polar surface area (TPSA) is 124 Å². The second-order valence-corrected chi connectivity index (χ2v) is 9.49. The van der Waals surface area contributed by atoms with Crippen LogP contribution in [0.3, 0.4) is 0 Å². The number of carbonyl (C=O) groups excluding carboxylic acids is 1. The largest absolute Gasteiger partial charge is 0.374 e. The number of amides is 1. The highest BCUT2D eigenvalue weighted by Crippen LogP contribution is 2.43. The minimum Gasteiger partial charge on any atom is -0.374 e. The average molecular weight is 451 g/mol. The van der Waals surface area contributed by atoms with E-state index in [-0.39, 0.29) is 23.6 Å². The van der Waals surface area contributed by atoms with Crippen LogP contribution < -0.4 is 10.6 Å². The van der Waals surface area contributed by atoms with Gasteiger partial charge in [-0.1, -0.05) is 0 Å². The average Bonchev–Trinajstić information content (AvgIpc) is 3.06. The second-order valence-electron chi connectivity index (χ2n) is 7.40. The van der Waals surface area contributed by atoms with Gasteiger partial charge in [0.15, 0.2) is 0 Å². The number of fused-ring (bicyclic) bond motifs is 1. The highest BCUT2D eigenvalue weighted by atomic mass is 32.2. The number of guanidine groups is 1. The predicted molar refractivity (Wildman–Crippen MR) is 107 cm³/mol. The maximum Gasteiger partial charge on any atom is 0.274 e. The van der Waals surface area contributed by atoms with Crippen LogP contribution in [0.1, 0.15) is 23.0 Å². The van der Waals surface area contributed by atoms with Crippen LogP contribution in [0.2, 0.25) is 0 Å². The van der Waals surface area contributed by atoms with E-state index >= 15 is 0 Å². The molecule has 3 heterocycles. The first-order chi connectivity index (χ1) is 14.6. The van der Waals surface area contributed by atoms with Crippen LogP contribution in [0.5, 0.6) is 0 Å². The number of nitrogens with one attached hydrogen (secondary N) is 3. The quantitative estimate of drug-likeness (QED) is 0.648. The number of hydrogen-bond acceptors (Lipinski definition) is 6. The van der Waals surface area contributed by atoms with E-state index in [0.717, 1.165) is 22.6 Å². The third kappa shape index (κ3) is 3.31. The summed E-state index contributed by atoms with van der Waals surface area (Å²) in [5.74, 6) is -2.39. The smallest absolute Gasteiger partial charge is 0.274 e. The number of pyridine rings is 1. The lowest BCUT2D eigenvalue weighted by Crippen LogP contribution is -2.68. The van der Waals surface area contributed by atoms with Crippen molar-refractivity contribution in [2.75, 3.05) is 19.0 Å². The van der Waals surface area contributed by atoms with E-state index in [1.54, 1.807) is 6.92 Å². The first-order valence-corrected chi connectivity index (χ1v) is 10.8. The van der Waals surface area contributed by atoms with E-state index in [9.17, 15) is 22.0 Å². The molecule has 0 bridgehead atoms. The van der Waals surface area contributed by atoms with Gasteiger partial charge in [0.1, 0.15) is 28.1 Å². The molecule has 2 aliphatic rings. The van der Waals surface area contributed by atoms with Crippen molar-refractivity contribution in [2.45, 2.75) is 23.8 Å². The van der Waals surface area contributed by atoms with Gasteiger partial charge in [0.2, 0.25) is 16.0 Å². The van der Waals surface area contributed by atoms with Gasteiger partial charge in [0, 0.05) is 18.3 Å². The van der Waals surface area contributed by atoms with Crippen molar-refractivity contribution in [1.29, 1.82) is 5.41 Å². The Labute approximate surface area is 177 Å². The Hall–Kier alpha value is -3.12. The van der Waals surface area contributed by atoms with Gasteiger partial charge < -0.3 is 15.4 Å². The molecular formula is C19H19F2N5O4S. The first kappa shape index (κ1) is 21.1. The zero-order valence-electron chi connectivity index (χ0n) is 16.5. The van der Waals surface area contributed by atoms with Crippen LogP contribution in [0.4, 0.5) is 14.5 Å². The van der Waals surface area contributed by atoms with Crippen molar-refractivity contribution in [1.82, 2.24) is 14.6 Å². The molecule has 12 heteroatoms. The molecule has 3 N–H and O–H groups in total. The number of rotatable bonds is 3. The maximum absolute atomic E-state index is 15.0. The van der Waals surface area contributed by atoms with E-state index in [0.29, 0.717) is 0 Å². The molecule has 1 amide bonds. The van der Waals surface area contributed by atoms with E-state index in [1.165, 1.54) is 25.2 Å². The SMILES string of the molecule is C[C@@H]1OC[C@]2(c3cc(NC(=O)c4ccc(F)cn4)ccc3F)NC(=N)N(C)S(=O)(=O)[C@H]12. The lowest BCUT2D eigenvalue weighted by Gasteiger charge is -2.44. The number of nitrogens with zero attached hydrogens (tertiary/aromatic N) is 2. The Morgan fingerprint density at radius 1 is 1.35 bits per heavy atom. The maximum atomic E-state index is 15.0. The number of hydrogen-bond donors (Lipinski definition) is 3. The molecular weight excluding hydrogens is 432 g/mol. The summed E-state index contributed by atoms with van der Waals surface area (Å²) < 4.78 is 60.4. The number of benzene rings is 1. The zero-order chi connectivity index (χ0) is 22.6. The van der Waals surface area contributed by atoms with Crippen molar-refractivity contribution >= 4 is 27.6 Å². The number of sulfonamides is 1. The molecule has 31 heavy (non-hydrogen) atoms. The van der Waals surface area contributed by atoms with Crippen LogP contribution in [0.15, 0.2) is 36.5 Å². The Bertz CT molecular complexity index is 1170. The Kier molecular flexibility index (Phi) is 4.93. The van der Waals surface area contributed by atoms with Crippen LogP contribution in [0.25, 0.3) is 0 Å². The standard InChI is InChI=1S/C19H19F2N5O4S/c1-10-16-19(9-30-10,25-18(22)26(2)31(16,28)29)13-7-12(4-5-14(13)21)24-17(27)15-6-3-11(20)8-23-15/h3-8,10,16H,9H2,1-2H3,(H2,22,25)(H,24,27)/t10-,16+,19+/m0/s1. The number of ether oxygens (including phenoxy) is 1. The molecule has 0 saturated carbocycles. The summed E-state index contributed by atoms with van der Waals surface area (Å²) in [6.45, 7) is 1.38. The summed E-state index contributed by atoms with van der Waals surface area (Å²) in [5.41, 5.74) is -1.50. The molecule has 4 rings (SSSR count). The number of aromatic nitrogens is 1. The summed E-state index contributed by atoms with van der Waals surface area (Å²) in [4.78, 5) is 16.1. The van der Waals surface area contributed by atoms with Crippen molar-refractivity contribution in [3.8, 4) is 0 Å². The summed E-state index contributed by atoms with van der Waals surface area (Å²) >= 11 is 0. The number of halogens is 2. The van der Waals surface area contributed by atoms with E-state index in [2.05, 4.69) is 15.6 Å². The summed E-state index contributed by atoms with van der Waals surface area (Å²) in [6, 6.07) is 5.97. The monoisotopic (exact) mass is 451 g/mol. The number of anilines is 1. The van der Waals surface area contributed by atoms with Gasteiger partial charge in [-0.15, -0.1) is 0 Å².